The predicted molar refractivity (Wildman–Crippen MR) is 118 cm³/mol. The smallest absolute Gasteiger partial charge is 0.128 e. The van der Waals surface area contributed by atoms with E-state index in [9.17, 15) is 0 Å². The molecule has 162 valence electrons. The SMILES string of the molecule is CCn1cc(C2CC3C(CN2)NNC3c2cccc(N3CCC[C@@H](N)CC3)n2)cn1. The van der Waals surface area contributed by atoms with Crippen molar-refractivity contribution in [2.24, 2.45) is 11.7 Å². The summed E-state index contributed by atoms with van der Waals surface area (Å²) in [6, 6.07) is 7.76. The van der Waals surface area contributed by atoms with Crippen LogP contribution in [0.3, 0.4) is 0 Å². The summed E-state index contributed by atoms with van der Waals surface area (Å²) in [4.78, 5) is 7.50. The van der Waals surface area contributed by atoms with Crippen molar-refractivity contribution in [2.45, 2.75) is 63.3 Å². The standard InChI is InChI=1S/C22H34N8/c1-2-30-14-15(12-25-30)19-11-17-20(13-24-19)27-28-22(17)18-6-3-7-21(26-18)29-9-4-5-16(23)8-10-29/h3,6-7,12,14,16-17,19-20,22,24,27-28H,2,4-5,8-11,13,23H2,1H3/t16-,17?,19?,20?,22?/m1/s1. The minimum absolute atomic E-state index is 0.218. The van der Waals surface area contributed by atoms with Gasteiger partial charge in [0, 0.05) is 62.0 Å². The first kappa shape index (κ1) is 19.9. The highest BCUT2D eigenvalue weighted by Crippen LogP contribution is 2.38. The molecule has 0 saturated carbocycles. The van der Waals surface area contributed by atoms with Crippen LogP contribution < -0.4 is 26.8 Å². The van der Waals surface area contributed by atoms with Crippen LogP contribution in [0.2, 0.25) is 0 Å². The summed E-state index contributed by atoms with van der Waals surface area (Å²) in [5.74, 6) is 1.57. The lowest BCUT2D eigenvalue weighted by molar-refractivity contribution is 0.265. The number of hydrogen-bond acceptors (Lipinski definition) is 7. The average Bonchev–Trinajstić information content (AvgIpc) is 3.37. The number of nitrogens with two attached hydrogens (primary N) is 1. The minimum atomic E-state index is 0.218. The van der Waals surface area contributed by atoms with Crippen LogP contribution in [0.4, 0.5) is 5.82 Å². The molecule has 0 bridgehead atoms. The van der Waals surface area contributed by atoms with E-state index in [4.69, 9.17) is 10.7 Å². The van der Waals surface area contributed by atoms with Gasteiger partial charge in [0.15, 0.2) is 0 Å². The van der Waals surface area contributed by atoms with Crippen LogP contribution in [0, 0.1) is 5.92 Å². The Labute approximate surface area is 178 Å². The summed E-state index contributed by atoms with van der Waals surface area (Å²) in [5.41, 5.74) is 15.6. The first-order valence-electron chi connectivity index (χ1n) is 11.5. The van der Waals surface area contributed by atoms with Crippen molar-refractivity contribution in [3.63, 3.8) is 0 Å². The third kappa shape index (κ3) is 3.97. The van der Waals surface area contributed by atoms with Crippen LogP contribution >= 0.6 is 0 Å². The van der Waals surface area contributed by atoms with Crippen molar-refractivity contribution in [1.29, 1.82) is 0 Å². The summed E-state index contributed by atoms with van der Waals surface area (Å²) in [6.45, 7) is 6.01. The molecule has 30 heavy (non-hydrogen) atoms. The van der Waals surface area contributed by atoms with Gasteiger partial charge in [-0.1, -0.05) is 6.07 Å². The van der Waals surface area contributed by atoms with Crippen LogP contribution in [-0.2, 0) is 6.54 Å². The molecule has 5 N–H and O–H groups in total. The maximum absolute atomic E-state index is 6.17. The second-order valence-corrected chi connectivity index (χ2v) is 8.96. The summed E-state index contributed by atoms with van der Waals surface area (Å²) in [6.07, 6.45) is 8.53. The summed E-state index contributed by atoms with van der Waals surface area (Å²) < 4.78 is 2.00. The molecule has 3 fully saturated rings. The molecule has 4 unspecified atom stereocenters. The second kappa shape index (κ2) is 8.63. The zero-order chi connectivity index (χ0) is 20.5. The molecule has 5 heterocycles. The number of fused-ring (bicyclic) bond motifs is 1. The highest BCUT2D eigenvalue weighted by molar-refractivity contribution is 5.40. The fraction of sp³-hybridized carbons (Fsp3) is 0.636. The van der Waals surface area contributed by atoms with Gasteiger partial charge in [-0.2, -0.15) is 5.10 Å². The van der Waals surface area contributed by atoms with Gasteiger partial charge in [-0.15, -0.1) is 0 Å². The number of nitrogens with one attached hydrogen (secondary N) is 3. The molecule has 0 amide bonds. The van der Waals surface area contributed by atoms with Gasteiger partial charge in [0.1, 0.15) is 5.82 Å². The van der Waals surface area contributed by atoms with Crippen molar-refractivity contribution in [3.05, 3.63) is 41.9 Å². The number of aryl methyl sites for hydroxylation is 1. The van der Waals surface area contributed by atoms with Crippen molar-refractivity contribution >= 4 is 5.82 Å². The molecule has 8 nitrogen and oxygen atoms in total. The molecule has 0 aliphatic carbocycles. The molecule has 0 radical (unpaired) electrons. The molecule has 5 atom stereocenters. The maximum atomic E-state index is 6.17. The van der Waals surface area contributed by atoms with Crippen LogP contribution in [0.5, 0.6) is 0 Å². The summed E-state index contributed by atoms with van der Waals surface area (Å²) in [5, 5.41) is 8.16. The fourth-order valence-electron chi connectivity index (χ4n) is 5.19. The molecule has 3 aliphatic rings. The number of aromatic nitrogens is 3. The van der Waals surface area contributed by atoms with Crippen LogP contribution in [0.25, 0.3) is 0 Å². The zero-order valence-electron chi connectivity index (χ0n) is 17.8. The molecular formula is C22H34N8. The van der Waals surface area contributed by atoms with Gasteiger partial charge in [-0.3, -0.25) is 10.1 Å². The minimum Gasteiger partial charge on any atom is -0.357 e. The van der Waals surface area contributed by atoms with E-state index in [2.05, 4.69) is 57.5 Å². The molecule has 8 heteroatoms. The van der Waals surface area contributed by atoms with E-state index in [1.54, 1.807) is 0 Å². The summed E-state index contributed by atoms with van der Waals surface area (Å²) in [7, 11) is 0. The lowest BCUT2D eigenvalue weighted by Gasteiger charge is -2.34. The van der Waals surface area contributed by atoms with Crippen molar-refractivity contribution in [3.8, 4) is 0 Å². The van der Waals surface area contributed by atoms with Gasteiger partial charge in [0.25, 0.3) is 0 Å². The van der Waals surface area contributed by atoms with E-state index >= 15 is 0 Å². The van der Waals surface area contributed by atoms with Gasteiger partial charge in [0.2, 0.25) is 0 Å². The number of pyridine rings is 1. The number of rotatable bonds is 4. The second-order valence-electron chi connectivity index (χ2n) is 8.96. The highest BCUT2D eigenvalue weighted by Gasteiger charge is 2.42. The Morgan fingerprint density at radius 3 is 3.00 bits per heavy atom. The monoisotopic (exact) mass is 410 g/mol. The Morgan fingerprint density at radius 1 is 1.20 bits per heavy atom. The fourth-order valence-corrected chi connectivity index (χ4v) is 5.19. The van der Waals surface area contributed by atoms with E-state index < -0.39 is 0 Å². The van der Waals surface area contributed by atoms with E-state index in [0.717, 1.165) is 63.4 Å². The molecule has 5 rings (SSSR count). The predicted octanol–water partition coefficient (Wildman–Crippen LogP) is 1.48. The number of anilines is 1. The summed E-state index contributed by atoms with van der Waals surface area (Å²) >= 11 is 0. The molecule has 2 aromatic heterocycles. The first-order chi connectivity index (χ1) is 14.7. The lowest BCUT2D eigenvalue weighted by atomic mass is 9.82. The number of hydrogen-bond donors (Lipinski definition) is 4. The highest BCUT2D eigenvalue weighted by atomic mass is 15.4. The quantitative estimate of drug-likeness (QED) is 0.606. The maximum Gasteiger partial charge on any atom is 0.128 e. The zero-order valence-corrected chi connectivity index (χ0v) is 17.8. The van der Waals surface area contributed by atoms with E-state index in [1.165, 1.54) is 5.56 Å². The Hall–Kier alpha value is -2.00. The Morgan fingerprint density at radius 2 is 2.13 bits per heavy atom. The molecule has 0 spiro atoms. The molecule has 0 aromatic carbocycles. The van der Waals surface area contributed by atoms with Gasteiger partial charge in [-0.25, -0.2) is 10.4 Å². The first-order valence-corrected chi connectivity index (χ1v) is 11.5. The van der Waals surface area contributed by atoms with Crippen LogP contribution in [-0.4, -0.2) is 46.5 Å². The Bertz CT molecular complexity index is 851. The molecule has 2 aromatic rings. The molecular weight excluding hydrogens is 376 g/mol. The normalized spacial score (nSPS) is 32.1. The average molecular weight is 411 g/mol. The third-order valence-corrected chi connectivity index (χ3v) is 7.01. The van der Waals surface area contributed by atoms with Gasteiger partial charge < -0.3 is 16.0 Å². The van der Waals surface area contributed by atoms with Crippen molar-refractivity contribution in [2.75, 3.05) is 24.5 Å². The van der Waals surface area contributed by atoms with Gasteiger partial charge >= 0.3 is 0 Å². The number of hydrazine groups is 1. The Kier molecular flexibility index (Phi) is 5.73. The molecule has 3 aliphatic heterocycles. The number of piperidine rings is 1. The number of nitrogens with zero attached hydrogens (tertiary/aromatic N) is 4. The third-order valence-electron chi connectivity index (χ3n) is 7.01. The van der Waals surface area contributed by atoms with Crippen molar-refractivity contribution < 1.29 is 0 Å². The van der Waals surface area contributed by atoms with Crippen LogP contribution in [0.1, 0.15) is 55.9 Å². The molecule has 3 saturated heterocycles. The van der Waals surface area contributed by atoms with Gasteiger partial charge in [-0.05, 0) is 44.7 Å². The van der Waals surface area contributed by atoms with Crippen LogP contribution in [0.15, 0.2) is 30.6 Å². The van der Waals surface area contributed by atoms with E-state index in [0.29, 0.717) is 24.0 Å². The van der Waals surface area contributed by atoms with Gasteiger partial charge in [0.05, 0.1) is 17.9 Å². The van der Waals surface area contributed by atoms with E-state index in [1.807, 2.05) is 10.9 Å². The van der Waals surface area contributed by atoms with E-state index in [-0.39, 0.29) is 6.04 Å². The lowest BCUT2D eigenvalue weighted by Crippen LogP contribution is -2.46. The Balaban J connectivity index is 1.33. The van der Waals surface area contributed by atoms with Crippen molar-refractivity contribution in [1.82, 2.24) is 30.9 Å². The largest absolute Gasteiger partial charge is 0.357 e. The topological polar surface area (TPSA) is 96.1 Å².